The Bertz CT molecular complexity index is 435. The summed E-state index contributed by atoms with van der Waals surface area (Å²) < 4.78 is 0. The lowest BCUT2D eigenvalue weighted by molar-refractivity contribution is 0.249. The summed E-state index contributed by atoms with van der Waals surface area (Å²) in [7, 11) is 0. The van der Waals surface area contributed by atoms with Crippen LogP contribution in [0.1, 0.15) is 19.8 Å². The fourth-order valence-corrected chi connectivity index (χ4v) is 2.67. The molecule has 20 heavy (non-hydrogen) atoms. The quantitative estimate of drug-likeness (QED) is 0.876. The molecule has 1 aromatic rings. The molecule has 1 saturated heterocycles. The number of rotatable bonds is 5. The van der Waals surface area contributed by atoms with E-state index in [2.05, 4.69) is 22.5 Å². The van der Waals surface area contributed by atoms with Gasteiger partial charge in [-0.3, -0.25) is 0 Å². The van der Waals surface area contributed by atoms with Gasteiger partial charge in [-0.2, -0.15) is 0 Å². The van der Waals surface area contributed by atoms with Crippen molar-refractivity contribution in [3.8, 4) is 0 Å². The first-order valence-corrected chi connectivity index (χ1v) is 7.58. The first kappa shape index (κ1) is 15.1. The molecule has 4 nitrogen and oxygen atoms in total. The third kappa shape index (κ3) is 4.69. The highest BCUT2D eigenvalue weighted by Crippen LogP contribution is 2.16. The lowest BCUT2D eigenvalue weighted by Crippen LogP contribution is -2.34. The minimum Gasteiger partial charge on any atom is -0.338 e. The number of carbonyl (C=O) groups is 1. The van der Waals surface area contributed by atoms with Gasteiger partial charge < -0.3 is 15.5 Å². The van der Waals surface area contributed by atoms with Crippen molar-refractivity contribution < 1.29 is 4.79 Å². The van der Waals surface area contributed by atoms with Crippen LogP contribution in [-0.4, -0.2) is 37.1 Å². The van der Waals surface area contributed by atoms with Crippen LogP contribution in [0.5, 0.6) is 0 Å². The molecule has 1 heterocycles. The van der Waals surface area contributed by atoms with Crippen molar-refractivity contribution >= 4 is 23.3 Å². The standard InChI is InChI=1S/C15H22ClN3O/c1-2-8-19-9-7-12(11-19)10-17-15(20)18-14-5-3-13(16)4-6-14/h3-6,12H,2,7-11H2,1H3,(H2,17,18,20)/t12-/m0/s1. The first-order valence-electron chi connectivity index (χ1n) is 7.20. The molecule has 1 aliphatic rings. The molecule has 5 heteroatoms. The number of carbonyl (C=O) groups excluding carboxylic acids is 1. The predicted octanol–water partition coefficient (Wildman–Crippen LogP) is 3.19. The molecule has 0 aromatic heterocycles. The number of halogens is 1. The maximum absolute atomic E-state index is 11.8. The van der Waals surface area contributed by atoms with Crippen LogP contribution in [0.3, 0.4) is 0 Å². The first-order chi connectivity index (χ1) is 9.67. The van der Waals surface area contributed by atoms with Crippen LogP contribution in [-0.2, 0) is 0 Å². The Morgan fingerprint density at radius 3 is 2.85 bits per heavy atom. The van der Waals surface area contributed by atoms with Gasteiger partial charge in [0, 0.05) is 23.8 Å². The molecule has 110 valence electrons. The minimum atomic E-state index is -0.152. The summed E-state index contributed by atoms with van der Waals surface area (Å²) in [6.07, 6.45) is 2.36. The van der Waals surface area contributed by atoms with Crippen molar-refractivity contribution in [1.29, 1.82) is 0 Å². The van der Waals surface area contributed by atoms with E-state index in [1.807, 2.05) is 0 Å². The Morgan fingerprint density at radius 1 is 1.40 bits per heavy atom. The van der Waals surface area contributed by atoms with Gasteiger partial charge in [0.1, 0.15) is 0 Å². The van der Waals surface area contributed by atoms with E-state index >= 15 is 0 Å². The Hall–Kier alpha value is -1.26. The van der Waals surface area contributed by atoms with Gasteiger partial charge in [-0.15, -0.1) is 0 Å². The van der Waals surface area contributed by atoms with E-state index in [4.69, 9.17) is 11.6 Å². The molecule has 0 aliphatic carbocycles. The fourth-order valence-electron chi connectivity index (χ4n) is 2.54. The number of amides is 2. The zero-order valence-electron chi connectivity index (χ0n) is 11.9. The lowest BCUT2D eigenvalue weighted by atomic mass is 10.1. The second-order valence-electron chi connectivity index (χ2n) is 5.30. The number of anilines is 1. The highest BCUT2D eigenvalue weighted by molar-refractivity contribution is 6.30. The van der Waals surface area contributed by atoms with Crippen molar-refractivity contribution in [2.45, 2.75) is 19.8 Å². The second-order valence-corrected chi connectivity index (χ2v) is 5.73. The summed E-state index contributed by atoms with van der Waals surface area (Å²) in [5.74, 6) is 0.567. The van der Waals surface area contributed by atoms with Crippen LogP contribution in [0, 0.1) is 5.92 Å². The smallest absolute Gasteiger partial charge is 0.319 e. The van der Waals surface area contributed by atoms with E-state index < -0.39 is 0 Å². The van der Waals surface area contributed by atoms with Gasteiger partial charge in [0.15, 0.2) is 0 Å². The molecule has 0 saturated carbocycles. The maximum atomic E-state index is 11.8. The van der Waals surface area contributed by atoms with E-state index in [1.54, 1.807) is 24.3 Å². The Balaban J connectivity index is 1.69. The molecule has 0 unspecified atom stereocenters. The number of hydrogen-bond donors (Lipinski definition) is 2. The fraction of sp³-hybridized carbons (Fsp3) is 0.533. The van der Waals surface area contributed by atoms with Crippen LogP contribution in [0.2, 0.25) is 5.02 Å². The largest absolute Gasteiger partial charge is 0.338 e. The maximum Gasteiger partial charge on any atom is 0.319 e. The number of urea groups is 1. The van der Waals surface area contributed by atoms with Gasteiger partial charge in [0.2, 0.25) is 0 Å². The molecule has 1 aliphatic heterocycles. The summed E-state index contributed by atoms with van der Waals surface area (Å²) >= 11 is 5.80. The van der Waals surface area contributed by atoms with Crippen molar-refractivity contribution in [2.75, 3.05) is 31.5 Å². The third-order valence-corrected chi connectivity index (χ3v) is 3.82. The van der Waals surface area contributed by atoms with Gasteiger partial charge in [0.05, 0.1) is 0 Å². The van der Waals surface area contributed by atoms with Crippen molar-refractivity contribution in [2.24, 2.45) is 5.92 Å². The van der Waals surface area contributed by atoms with Gasteiger partial charge in [0.25, 0.3) is 0 Å². The van der Waals surface area contributed by atoms with E-state index in [9.17, 15) is 4.79 Å². The molecular weight excluding hydrogens is 274 g/mol. The number of hydrogen-bond acceptors (Lipinski definition) is 2. The molecular formula is C15H22ClN3O. The summed E-state index contributed by atoms with van der Waals surface area (Å²) in [6.45, 7) is 6.34. The number of nitrogens with one attached hydrogen (secondary N) is 2. The van der Waals surface area contributed by atoms with Crippen LogP contribution >= 0.6 is 11.6 Å². The average Bonchev–Trinajstić information content (AvgIpc) is 2.87. The zero-order valence-corrected chi connectivity index (χ0v) is 12.6. The summed E-state index contributed by atoms with van der Waals surface area (Å²) in [6, 6.07) is 6.95. The molecule has 2 N–H and O–H groups in total. The van der Waals surface area contributed by atoms with E-state index in [0.29, 0.717) is 10.9 Å². The normalized spacial score (nSPS) is 19.0. The summed E-state index contributed by atoms with van der Waals surface area (Å²) in [4.78, 5) is 14.3. The van der Waals surface area contributed by atoms with E-state index in [1.165, 1.54) is 12.8 Å². The molecule has 1 aromatic carbocycles. The Kier molecular flexibility index (Phi) is 5.68. The minimum absolute atomic E-state index is 0.152. The number of benzene rings is 1. The van der Waals surface area contributed by atoms with Crippen molar-refractivity contribution in [3.63, 3.8) is 0 Å². The van der Waals surface area contributed by atoms with Gasteiger partial charge in [-0.25, -0.2) is 4.79 Å². The second kappa shape index (κ2) is 7.50. The van der Waals surface area contributed by atoms with E-state index in [-0.39, 0.29) is 6.03 Å². The van der Waals surface area contributed by atoms with Crippen molar-refractivity contribution in [1.82, 2.24) is 10.2 Å². The van der Waals surface area contributed by atoms with Crippen LogP contribution in [0.15, 0.2) is 24.3 Å². The highest BCUT2D eigenvalue weighted by Gasteiger charge is 2.21. The summed E-state index contributed by atoms with van der Waals surface area (Å²) in [5, 5.41) is 6.41. The molecule has 1 atom stereocenters. The van der Waals surface area contributed by atoms with Gasteiger partial charge >= 0.3 is 6.03 Å². The molecule has 2 rings (SSSR count). The Morgan fingerprint density at radius 2 is 2.15 bits per heavy atom. The third-order valence-electron chi connectivity index (χ3n) is 3.56. The molecule has 1 fully saturated rings. The highest BCUT2D eigenvalue weighted by atomic mass is 35.5. The van der Waals surface area contributed by atoms with Crippen LogP contribution in [0.4, 0.5) is 10.5 Å². The van der Waals surface area contributed by atoms with Gasteiger partial charge in [-0.1, -0.05) is 18.5 Å². The van der Waals surface area contributed by atoms with Gasteiger partial charge in [-0.05, 0) is 56.1 Å². The number of nitrogens with zero attached hydrogens (tertiary/aromatic N) is 1. The molecule has 2 amide bonds. The average molecular weight is 296 g/mol. The molecule has 0 bridgehead atoms. The zero-order chi connectivity index (χ0) is 14.4. The van der Waals surface area contributed by atoms with Crippen molar-refractivity contribution in [3.05, 3.63) is 29.3 Å². The monoisotopic (exact) mass is 295 g/mol. The summed E-state index contributed by atoms with van der Waals surface area (Å²) in [5.41, 5.74) is 0.755. The Labute approximate surface area is 125 Å². The van der Waals surface area contributed by atoms with E-state index in [0.717, 1.165) is 31.9 Å². The molecule has 0 spiro atoms. The molecule has 0 radical (unpaired) electrons. The number of likely N-dealkylation sites (tertiary alicyclic amines) is 1. The van der Waals surface area contributed by atoms with Crippen LogP contribution in [0.25, 0.3) is 0 Å². The van der Waals surface area contributed by atoms with Crippen LogP contribution < -0.4 is 10.6 Å². The predicted molar refractivity (Wildman–Crippen MR) is 83.3 cm³/mol. The topological polar surface area (TPSA) is 44.4 Å². The SMILES string of the molecule is CCCN1CC[C@@H](CNC(=O)Nc2ccc(Cl)cc2)C1. The lowest BCUT2D eigenvalue weighted by Gasteiger charge is -2.15.